The quantitative estimate of drug-likeness (QED) is 0.339. The number of hydrogen-bond acceptors (Lipinski definition) is 6. The van der Waals surface area contributed by atoms with Crippen LogP contribution >= 0.6 is 0 Å². The lowest BCUT2D eigenvalue weighted by Crippen LogP contribution is -2.58. The summed E-state index contributed by atoms with van der Waals surface area (Å²) in [6.45, 7) is 8.28. The van der Waals surface area contributed by atoms with E-state index in [1.807, 2.05) is 58.0 Å². The Bertz CT molecular complexity index is 1330. The molecule has 4 rings (SSSR count). The lowest BCUT2D eigenvalue weighted by atomic mass is 9.88. The Labute approximate surface area is 222 Å². The third-order valence-electron chi connectivity index (χ3n) is 6.75. The molecule has 1 fully saturated rings. The maximum atomic E-state index is 13.0. The molecular weight excluding hydrogens is 484 g/mol. The lowest BCUT2D eigenvalue weighted by Gasteiger charge is -2.40. The van der Waals surface area contributed by atoms with Crippen LogP contribution in [0.3, 0.4) is 0 Å². The SMILES string of the molecule is Cc1cc(COc2ccc(C(=O)N[C@@H]3CCN(C(=O)C(C)(C)C)C[C@@H]3C(=O)NO)cc2)c2ccccc2n1. The van der Waals surface area contributed by atoms with Crippen LogP contribution in [0.15, 0.2) is 54.6 Å². The van der Waals surface area contributed by atoms with Gasteiger partial charge in [-0.15, -0.1) is 0 Å². The Hall–Kier alpha value is -3.98. The number of nitrogens with one attached hydrogen (secondary N) is 2. The van der Waals surface area contributed by atoms with Gasteiger partial charge in [0.2, 0.25) is 11.8 Å². The number of pyridine rings is 1. The summed E-state index contributed by atoms with van der Waals surface area (Å²) in [5.74, 6) is -1.21. The van der Waals surface area contributed by atoms with Gasteiger partial charge in [-0.1, -0.05) is 39.0 Å². The van der Waals surface area contributed by atoms with Gasteiger partial charge in [-0.25, -0.2) is 5.48 Å². The second-order valence-electron chi connectivity index (χ2n) is 10.7. The molecule has 3 N–H and O–H groups in total. The van der Waals surface area contributed by atoms with Crippen LogP contribution in [0.4, 0.5) is 0 Å². The minimum absolute atomic E-state index is 0.0801. The second-order valence-corrected chi connectivity index (χ2v) is 10.7. The van der Waals surface area contributed by atoms with Gasteiger partial charge in [-0.3, -0.25) is 24.6 Å². The van der Waals surface area contributed by atoms with Crippen LogP contribution in [0, 0.1) is 18.3 Å². The van der Waals surface area contributed by atoms with E-state index in [9.17, 15) is 19.6 Å². The van der Waals surface area contributed by atoms with E-state index in [1.54, 1.807) is 34.6 Å². The Morgan fingerprint density at radius 1 is 1.11 bits per heavy atom. The van der Waals surface area contributed by atoms with Crippen LogP contribution in [0.2, 0.25) is 0 Å². The van der Waals surface area contributed by atoms with Gasteiger partial charge in [-0.2, -0.15) is 0 Å². The molecule has 1 aliphatic rings. The van der Waals surface area contributed by atoms with Crippen molar-refractivity contribution in [3.63, 3.8) is 0 Å². The Kier molecular flexibility index (Phi) is 7.97. The van der Waals surface area contributed by atoms with Gasteiger partial charge in [0.05, 0.1) is 11.4 Å². The number of aromatic nitrogens is 1. The minimum atomic E-state index is -0.773. The fraction of sp³-hybridized carbons (Fsp3) is 0.379. The molecular formula is C29H34N4O5. The standard InChI is InChI=1S/C29H34N4O5/c1-18-15-20(22-7-5-6-8-24(22)30-18)17-38-21-11-9-19(10-12-21)26(34)31-25-13-14-33(28(36)29(2,3)4)16-23(25)27(35)32-37/h5-12,15,23,25,37H,13-14,16-17H2,1-4H3,(H,31,34)(H,32,35)/t23-,25+/m0/s1. The van der Waals surface area contributed by atoms with Gasteiger partial charge in [0.15, 0.2) is 0 Å². The Morgan fingerprint density at radius 3 is 2.50 bits per heavy atom. The van der Waals surface area contributed by atoms with Crippen molar-refractivity contribution < 1.29 is 24.3 Å². The maximum absolute atomic E-state index is 13.0. The van der Waals surface area contributed by atoms with Crippen LogP contribution in [0.25, 0.3) is 10.9 Å². The van der Waals surface area contributed by atoms with Crippen LogP contribution in [0.1, 0.15) is 48.8 Å². The molecule has 2 aromatic carbocycles. The van der Waals surface area contributed by atoms with Gasteiger partial charge in [0.1, 0.15) is 12.4 Å². The first kappa shape index (κ1) is 27.1. The normalized spacial score (nSPS) is 17.7. The number of benzene rings is 2. The van der Waals surface area contributed by atoms with E-state index >= 15 is 0 Å². The predicted octanol–water partition coefficient (Wildman–Crippen LogP) is 3.62. The zero-order chi connectivity index (χ0) is 27.4. The van der Waals surface area contributed by atoms with Gasteiger partial charge >= 0.3 is 0 Å². The summed E-state index contributed by atoms with van der Waals surface area (Å²) in [6, 6.07) is 16.2. The van der Waals surface area contributed by atoms with Gasteiger partial charge in [0.25, 0.3) is 5.91 Å². The van der Waals surface area contributed by atoms with Gasteiger partial charge in [-0.05, 0) is 49.7 Å². The van der Waals surface area contributed by atoms with E-state index in [0.29, 0.717) is 30.9 Å². The van der Waals surface area contributed by atoms with Gasteiger partial charge < -0.3 is 15.0 Å². The van der Waals surface area contributed by atoms with Crippen LogP contribution in [0.5, 0.6) is 5.75 Å². The number of amides is 3. The number of nitrogens with zero attached hydrogens (tertiary/aromatic N) is 2. The van der Waals surface area contributed by atoms with Crippen molar-refractivity contribution in [2.75, 3.05) is 13.1 Å². The van der Waals surface area contributed by atoms with E-state index < -0.39 is 23.3 Å². The van der Waals surface area contributed by atoms with Crippen molar-refractivity contribution in [1.82, 2.24) is 20.7 Å². The summed E-state index contributed by atoms with van der Waals surface area (Å²) < 4.78 is 5.99. The fourth-order valence-corrected chi connectivity index (χ4v) is 4.76. The molecule has 3 amide bonds. The molecule has 9 heteroatoms. The van der Waals surface area contributed by atoms with Crippen molar-refractivity contribution in [2.24, 2.45) is 11.3 Å². The summed E-state index contributed by atoms with van der Waals surface area (Å²) in [4.78, 5) is 44.2. The summed E-state index contributed by atoms with van der Waals surface area (Å²) >= 11 is 0. The van der Waals surface area contributed by atoms with Crippen molar-refractivity contribution in [3.8, 4) is 5.75 Å². The number of carbonyl (C=O) groups is 3. The molecule has 38 heavy (non-hydrogen) atoms. The zero-order valence-electron chi connectivity index (χ0n) is 22.2. The first-order valence-corrected chi connectivity index (χ1v) is 12.7. The second kappa shape index (κ2) is 11.2. The number of piperidine rings is 1. The van der Waals surface area contributed by atoms with Crippen molar-refractivity contribution >= 4 is 28.6 Å². The molecule has 2 atom stereocenters. The average Bonchev–Trinajstić information content (AvgIpc) is 2.90. The van der Waals surface area contributed by atoms with Crippen LogP contribution in [-0.4, -0.2) is 51.9 Å². The lowest BCUT2D eigenvalue weighted by molar-refractivity contribution is -0.145. The molecule has 1 aromatic heterocycles. The van der Waals surface area contributed by atoms with E-state index in [1.165, 1.54) is 0 Å². The summed E-state index contributed by atoms with van der Waals surface area (Å²) in [7, 11) is 0. The molecule has 0 radical (unpaired) electrons. The molecule has 0 bridgehead atoms. The molecule has 1 aliphatic heterocycles. The summed E-state index contributed by atoms with van der Waals surface area (Å²) in [5.41, 5.74) is 4.36. The summed E-state index contributed by atoms with van der Waals surface area (Å²) in [5, 5.41) is 13.2. The number of hydrogen-bond donors (Lipinski definition) is 3. The molecule has 0 aliphatic carbocycles. The fourth-order valence-electron chi connectivity index (χ4n) is 4.76. The smallest absolute Gasteiger partial charge is 0.251 e. The highest BCUT2D eigenvalue weighted by atomic mass is 16.5. The van der Waals surface area contributed by atoms with Crippen molar-refractivity contribution in [1.29, 1.82) is 0 Å². The van der Waals surface area contributed by atoms with E-state index in [4.69, 9.17) is 4.74 Å². The zero-order valence-corrected chi connectivity index (χ0v) is 22.2. The predicted molar refractivity (Wildman–Crippen MR) is 143 cm³/mol. The van der Waals surface area contributed by atoms with E-state index in [2.05, 4.69) is 10.3 Å². The Balaban J connectivity index is 1.40. The number of likely N-dealkylation sites (tertiary alicyclic amines) is 1. The third-order valence-corrected chi connectivity index (χ3v) is 6.75. The van der Waals surface area contributed by atoms with E-state index in [-0.39, 0.29) is 18.4 Å². The first-order chi connectivity index (χ1) is 18.1. The van der Waals surface area contributed by atoms with Crippen LogP contribution in [-0.2, 0) is 16.2 Å². The van der Waals surface area contributed by atoms with Crippen molar-refractivity contribution in [3.05, 3.63) is 71.4 Å². The maximum Gasteiger partial charge on any atom is 0.251 e. The number of ether oxygens (including phenoxy) is 1. The molecule has 200 valence electrons. The Morgan fingerprint density at radius 2 is 1.82 bits per heavy atom. The average molecular weight is 519 g/mol. The topological polar surface area (TPSA) is 121 Å². The van der Waals surface area contributed by atoms with E-state index in [0.717, 1.165) is 22.2 Å². The number of carbonyl (C=O) groups excluding carboxylic acids is 3. The number of rotatable bonds is 6. The molecule has 2 heterocycles. The first-order valence-electron chi connectivity index (χ1n) is 12.7. The molecule has 0 saturated carbocycles. The molecule has 0 spiro atoms. The minimum Gasteiger partial charge on any atom is -0.489 e. The molecule has 3 aromatic rings. The molecule has 1 saturated heterocycles. The number of fused-ring (bicyclic) bond motifs is 1. The third kappa shape index (κ3) is 6.11. The monoisotopic (exact) mass is 518 g/mol. The molecule has 0 unspecified atom stereocenters. The number of hydroxylamine groups is 1. The highest BCUT2D eigenvalue weighted by molar-refractivity contribution is 5.95. The number of aryl methyl sites for hydroxylation is 1. The highest BCUT2D eigenvalue weighted by Crippen LogP contribution is 2.25. The van der Waals surface area contributed by atoms with Gasteiger partial charge in [0, 0.05) is 46.8 Å². The highest BCUT2D eigenvalue weighted by Gasteiger charge is 2.39. The number of para-hydroxylation sites is 1. The van der Waals surface area contributed by atoms with Crippen molar-refractivity contribution in [2.45, 2.75) is 46.8 Å². The summed E-state index contributed by atoms with van der Waals surface area (Å²) in [6.07, 6.45) is 0.395. The molecule has 9 nitrogen and oxygen atoms in total. The largest absolute Gasteiger partial charge is 0.489 e. The van der Waals surface area contributed by atoms with Crippen LogP contribution < -0.4 is 15.5 Å².